The highest BCUT2D eigenvalue weighted by Crippen LogP contribution is 2.28. The molecule has 8 heteroatoms. The van der Waals surface area contributed by atoms with E-state index in [0.29, 0.717) is 24.3 Å². The third-order valence-electron chi connectivity index (χ3n) is 4.87. The summed E-state index contributed by atoms with van der Waals surface area (Å²) in [5, 5.41) is 2.75. The molecular weight excluding hydrogens is 390 g/mol. The number of aryl methyl sites for hydroxylation is 2. The summed E-state index contributed by atoms with van der Waals surface area (Å²) in [7, 11) is -3.63. The van der Waals surface area contributed by atoms with E-state index in [-0.39, 0.29) is 12.5 Å². The van der Waals surface area contributed by atoms with Gasteiger partial charge in [0.1, 0.15) is 6.54 Å². The Kier molecular flexibility index (Phi) is 5.93. The standard InChI is InChI=1S/C21H25N3O4S/c1-15-6-10-18(11-7-15)24(29(3,27)28)14-20(25)22-17-9-8-16(2)19(13-17)23-12-4-5-21(23)26/h6-11,13H,4-5,12,14H2,1-3H3,(H,22,25). The first-order valence-electron chi connectivity index (χ1n) is 9.40. The zero-order chi connectivity index (χ0) is 21.2. The number of hydrogen-bond donors (Lipinski definition) is 1. The number of hydrogen-bond acceptors (Lipinski definition) is 4. The number of benzene rings is 2. The Morgan fingerprint density at radius 2 is 1.83 bits per heavy atom. The average molecular weight is 416 g/mol. The minimum Gasteiger partial charge on any atom is -0.324 e. The van der Waals surface area contributed by atoms with Crippen LogP contribution in [0.4, 0.5) is 17.1 Å². The third-order valence-corrected chi connectivity index (χ3v) is 6.01. The summed E-state index contributed by atoms with van der Waals surface area (Å²) < 4.78 is 25.5. The van der Waals surface area contributed by atoms with E-state index in [0.717, 1.165) is 33.8 Å². The minimum atomic E-state index is -3.63. The molecule has 1 fully saturated rings. The van der Waals surface area contributed by atoms with Crippen molar-refractivity contribution in [2.45, 2.75) is 26.7 Å². The predicted octanol–water partition coefficient (Wildman–Crippen LogP) is 2.83. The molecule has 2 aromatic carbocycles. The monoisotopic (exact) mass is 415 g/mol. The summed E-state index contributed by atoms with van der Waals surface area (Å²) in [5.74, 6) is -0.391. The topological polar surface area (TPSA) is 86.8 Å². The number of carbonyl (C=O) groups is 2. The van der Waals surface area contributed by atoms with Gasteiger partial charge in [0, 0.05) is 24.3 Å². The highest BCUT2D eigenvalue weighted by Gasteiger charge is 2.24. The van der Waals surface area contributed by atoms with Crippen LogP contribution in [0.3, 0.4) is 0 Å². The lowest BCUT2D eigenvalue weighted by Crippen LogP contribution is -2.37. The van der Waals surface area contributed by atoms with Gasteiger partial charge in [-0.2, -0.15) is 0 Å². The van der Waals surface area contributed by atoms with Gasteiger partial charge < -0.3 is 10.2 Å². The molecule has 1 aliphatic heterocycles. The quantitative estimate of drug-likeness (QED) is 0.786. The molecule has 0 atom stereocenters. The zero-order valence-electron chi connectivity index (χ0n) is 16.8. The van der Waals surface area contributed by atoms with Crippen LogP contribution in [0, 0.1) is 13.8 Å². The Morgan fingerprint density at radius 1 is 1.14 bits per heavy atom. The van der Waals surface area contributed by atoms with Crippen molar-refractivity contribution in [3.63, 3.8) is 0 Å². The van der Waals surface area contributed by atoms with E-state index in [2.05, 4.69) is 5.32 Å². The maximum absolute atomic E-state index is 12.6. The zero-order valence-corrected chi connectivity index (χ0v) is 17.6. The van der Waals surface area contributed by atoms with Gasteiger partial charge in [0.25, 0.3) is 0 Å². The Morgan fingerprint density at radius 3 is 2.41 bits per heavy atom. The maximum atomic E-state index is 12.6. The van der Waals surface area contributed by atoms with Crippen LogP contribution in [0.25, 0.3) is 0 Å². The molecule has 0 aliphatic carbocycles. The molecule has 2 aromatic rings. The molecule has 1 saturated heterocycles. The van der Waals surface area contributed by atoms with E-state index < -0.39 is 15.9 Å². The van der Waals surface area contributed by atoms with Gasteiger partial charge in [-0.1, -0.05) is 23.8 Å². The molecule has 1 N–H and O–H groups in total. The fraction of sp³-hybridized carbons (Fsp3) is 0.333. The van der Waals surface area contributed by atoms with Crippen molar-refractivity contribution >= 4 is 38.9 Å². The van der Waals surface area contributed by atoms with Crippen LogP contribution in [-0.4, -0.2) is 39.6 Å². The Balaban J connectivity index is 1.78. The first-order valence-corrected chi connectivity index (χ1v) is 11.3. The van der Waals surface area contributed by atoms with Crippen molar-refractivity contribution in [1.82, 2.24) is 0 Å². The third kappa shape index (κ3) is 4.95. The molecule has 7 nitrogen and oxygen atoms in total. The lowest BCUT2D eigenvalue weighted by molar-refractivity contribution is -0.117. The maximum Gasteiger partial charge on any atom is 0.245 e. The van der Waals surface area contributed by atoms with Gasteiger partial charge in [0.05, 0.1) is 11.9 Å². The van der Waals surface area contributed by atoms with Crippen molar-refractivity contribution in [2.75, 3.05) is 33.9 Å². The van der Waals surface area contributed by atoms with Crippen LogP contribution in [0.5, 0.6) is 0 Å². The van der Waals surface area contributed by atoms with Crippen LogP contribution < -0.4 is 14.5 Å². The van der Waals surface area contributed by atoms with Gasteiger partial charge in [-0.15, -0.1) is 0 Å². The molecule has 0 aromatic heterocycles. The fourth-order valence-electron chi connectivity index (χ4n) is 3.32. The van der Waals surface area contributed by atoms with Crippen molar-refractivity contribution < 1.29 is 18.0 Å². The molecule has 1 aliphatic rings. The number of carbonyl (C=O) groups excluding carboxylic acids is 2. The van der Waals surface area contributed by atoms with E-state index >= 15 is 0 Å². The van der Waals surface area contributed by atoms with Crippen LogP contribution in [0.15, 0.2) is 42.5 Å². The number of anilines is 3. The van der Waals surface area contributed by atoms with Gasteiger partial charge in [-0.3, -0.25) is 13.9 Å². The summed E-state index contributed by atoms with van der Waals surface area (Å²) >= 11 is 0. The molecule has 0 unspecified atom stereocenters. The first-order chi connectivity index (χ1) is 13.6. The number of nitrogens with zero attached hydrogens (tertiary/aromatic N) is 2. The molecule has 0 spiro atoms. The minimum absolute atomic E-state index is 0.0687. The number of nitrogens with one attached hydrogen (secondary N) is 1. The molecule has 29 heavy (non-hydrogen) atoms. The van der Waals surface area contributed by atoms with Crippen molar-refractivity contribution in [3.8, 4) is 0 Å². The lowest BCUT2D eigenvalue weighted by Gasteiger charge is -2.23. The molecule has 0 bridgehead atoms. The van der Waals surface area contributed by atoms with E-state index in [1.54, 1.807) is 41.3 Å². The smallest absolute Gasteiger partial charge is 0.245 e. The van der Waals surface area contributed by atoms with Gasteiger partial charge in [0.2, 0.25) is 21.8 Å². The number of amides is 2. The van der Waals surface area contributed by atoms with Crippen LogP contribution >= 0.6 is 0 Å². The van der Waals surface area contributed by atoms with Crippen molar-refractivity contribution in [1.29, 1.82) is 0 Å². The van der Waals surface area contributed by atoms with Crippen LogP contribution in [0.2, 0.25) is 0 Å². The fourth-order valence-corrected chi connectivity index (χ4v) is 4.18. The molecule has 2 amide bonds. The second-order valence-electron chi connectivity index (χ2n) is 7.30. The van der Waals surface area contributed by atoms with Crippen molar-refractivity contribution in [2.24, 2.45) is 0 Å². The van der Waals surface area contributed by atoms with E-state index in [9.17, 15) is 18.0 Å². The van der Waals surface area contributed by atoms with E-state index in [1.807, 2.05) is 19.9 Å². The summed E-state index contributed by atoms with van der Waals surface area (Å²) in [4.78, 5) is 26.4. The Bertz CT molecular complexity index is 1030. The molecule has 154 valence electrons. The van der Waals surface area contributed by atoms with Crippen molar-refractivity contribution in [3.05, 3.63) is 53.6 Å². The summed E-state index contributed by atoms with van der Waals surface area (Å²) in [6.45, 7) is 4.14. The van der Waals surface area contributed by atoms with Crippen LogP contribution in [-0.2, 0) is 19.6 Å². The Labute approximate surface area is 171 Å². The Hall–Kier alpha value is -2.87. The SMILES string of the molecule is Cc1ccc(N(CC(=O)Nc2ccc(C)c(N3CCCC3=O)c2)S(C)(=O)=O)cc1. The summed E-state index contributed by atoms with van der Waals surface area (Å²) in [6.07, 6.45) is 2.41. The normalized spacial score (nSPS) is 14.2. The average Bonchev–Trinajstić information content (AvgIpc) is 3.07. The molecule has 0 radical (unpaired) electrons. The molecule has 1 heterocycles. The molecule has 3 rings (SSSR count). The first kappa shape index (κ1) is 20.9. The predicted molar refractivity (Wildman–Crippen MR) is 115 cm³/mol. The molecule has 0 saturated carbocycles. The number of rotatable bonds is 6. The lowest BCUT2D eigenvalue weighted by atomic mass is 10.1. The second kappa shape index (κ2) is 8.24. The molecular formula is C21H25N3O4S. The van der Waals surface area contributed by atoms with Gasteiger partial charge in [-0.25, -0.2) is 8.42 Å². The summed E-state index contributed by atoms with van der Waals surface area (Å²) in [5.41, 5.74) is 3.66. The highest BCUT2D eigenvalue weighted by atomic mass is 32.2. The largest absolute Gasteiger partial charge is 0.324 e. The van der Waals surface area contributed by atoms with E-state index in [4.69, 9.17) is 0 Å². The summed E-state index contributed by atoms with van der Waals surface area (Å²) in [6, 6.07) is 12.3. The second-order valence-corrected chi connectivity index (χ2v) is 9.21. The van der Waals surface area contributed by atoms with Gasteiger partial charge in [0.15, 0.2) is 0 Å². The van der Waals surface area contributed by atoms with E-state index in [1.165, 1.54) is 0 Å². The van der Waals surface area contributed by atoms with Gasteiger partial charge >= 0.3 is 0 Å². The highest BCUT2D eigenvalue weighted by molar-refractivity contribution is 7.92. The number of sulfonamides is 1. The van der Waals surface area contributed by atoms with Crippen LogP contribution in [0.1, 0.15) is 24.0 Å². The van der Waals surface area contributed by atoms with Gasteiger partial charge in [-0.05, 0) is 50.1 Å².